The molecule has 0 saturated carbocycles. The Morgan fingerprint density at radius 3 is 2.58 bits per heavy atom. The number of hydrogen-bond acceptors (Lipinski definition) is 5. The molecule has 2 heterocycles. The second kappa shape index (κ2) is 9.74. The van der Waals surface area contributed by atoms with Crippen LogP contribution in [0.2, 0.25) is 0 Å². The molecule has 0 aliphatic carbocycles. The smallest absolute Gasteiger partial charge is 0.263 e. The van der Waals surface area contributed by atoms with Crippen molar-refractivity contribution in [2.75, 3.05) is 0 Å². The lowest BCUT2D eigenvalue weighted by Crippen LogP contribution is -2.22. The summed E-state index contributed by atoms with van der Waals surface area (Å²) in [4.78, 5) is 29.8. The fraction of sp³-hybridized carbons (Fsp3) is 0.125. The van der Waals surface area contributed by atoms with E-state index < -0.39 is 17.5 Å². The normalized spacial score (nSPS) is 10.8. The minimum absolute atomic E-state index is 0.0239. The lowest BCUT2D eigenvalue weighted by molar-refractivity contribution is 0.0954. The first-order valence-electron chi connectivity index (χ1n) is 10.00. The molecule has 0 unspecified atom stereocenters. The lowest BCUT2D eigenvalue weighted by Gasteiger charge is -2.07. The van der Waals surface area contributed by atoms with Crippen LogP contribution in [0.3, 0.4) is 0 Å². The van der Waals surface area contributed by atoms with Gasteiger partial charge in [-0.3, -0.25) is 14.2 Å². The molecule has 4 rings (SSSR count). The van der Waals surface area contributed by atoms with Crippen molar-refractivity contribution in [1.29, 1.82) is 0 Å². The van der Waals surface area contributed by atoms with Gasteiger partial charge < -0.3 is 10.1 Å². The number of nitrogens with one attached hydrogen (secondary N) is 1. The molecule has 0 spiro atoms. The van der Waals surface area contributed by atoms with E-state index in [1.54, 1.807) is 19.2 Å². The summed E-state index contributed by atoms with van der Waals surface area (Å²) in [6.07, 6.45) is 1.55. The number of rotatable bonds is 7. The molecule has 4 aromatic rings. The number of pyridine rings is 1. The molecule has 1 amide bonds. The van der Waals surface area contributed by atoms with E-state index in [0.717, 1.165) is 29.0 Å². The summed E-state index contributed by atoms with van der Waals surface area (Å²) in [5.41, 5.74) is 1.51. The molecule has 168 valence electrons. The number of aromatic nitrogens is 2. The van der Waals surface area contributed by atoms with E-state index in [0.29, 0.717) is 33.6 Å². The highest BCUT2D eigenvalue weighted by atomic mass is 32.1. The number of halogens is 2. The summed E-state index contributed by atoms with van der Waals surface area (Å²) in [5.74, 6) is -1.92. The van der Waals surface area contributed by atoms with Crippen LogP contribution < -0.4 is 15.6 Å². The number of hydrogen-bond donors (Lipinski definition) is 1. The summed E-state index contributed by atoms with van der Waals surface area (Å²) >= 11 is 1.06. The third-order valence-corrected chi connectivity index (χ3v) is 5.93. The van der Waals surface area contributed by atoms with Gasteiger partial charge in [-0.1, -0.05) is 47.7 Å². The van der Waals surface area contributed by atoms with Gasteiger partial charge in [-0.2, -0.15) is 0 Å². The van der Waals surface area contributed by atoms with Gasteiger partial charge in [0.1, 0.15) is 17.2 Å². The molecule has 0 fully saturated rings. The first-order valence-corrected chi connectivity index (χ1v) is 10.8. The SMILES string of the molecule is Cc1nc(-n2ccc(OCc3ccccc3)cc2=O)sc1C(=O)NCc1ccc(F)c(F)c1. The van der Waals surface area contributed by atoms with Crippen molar-refractivity contribution in [3.63, 3.8) is 0 Å². The van der Waals surface area contributed by atoms with Gasteiger partial charge in [0.2, 0.25) is 0 Å². The first-order chi connectivity index (χ1) is 15.9. The molecule has 0 atom stereocenters. The molecule has 0 bridgehead atoms. The first kappa shape index (κ1) is 22.3. The van der Waals surface area contributed by atoms with Crippen molar-refractivity contribution in [1.82, 2.24) is 14.9 Å². The van der Waals surface area contributed by atoms with Crippen LogP contribution in [-0.2, 0) is 13.2 Å². The molecule has 0 aliphatic rings. The second-order valence-electron chi connectivity index (χ2n) is 7.19. The molecule has 2 aromatic carbocycles. The zero-order valence-corrected chi connectivity index (χ0v) is 18.4. The maximum Gasteiger partial charge on any atom is 0.263 e. The molecular weight excluding hydrogens is 448 g/mol. The topological polar surface area (TPSA) is 73.2 Å². The minimum Gasteiger partial charge on any atom is -0.489 e. The van der Waals surface area contributed by atoms with Crippen LogP contribution in [0.15, 0.2) is 71.7 Å². The maximum absolute atomic E-state index is 13.3. The number of nitrogens with zero attached hydrogens (tertiary/aromatic N) is 2. The van der Waals surface area contributed by atoms with Crippen LogP contribution in [0.5, 0.6) is 5.75 Å². The lowest BCUT2D eigenvalue weighted by atomic mass is 10.2. The average molecular weight is 467 g/mol. The zero-order valence-electron chi connectivity index (χ0n) is 17.5. The van der Waals surface area contributed by atoms with Crippen molar-refractivity contribution in [3.05, 3.63) is 111 Å². The van der Waals surface area contributed by atoms with Crippen LogP contribution in [0.4, 0.5) is 8.78 Å². The molecule has 6 nitrogen and oxygen atoms in total. The van der Waals surface area contributed by atoms with E-state index in [1.165, 1.54) is 16.7 Å². The van der Waals surface area contributed by atoms with Crippen molar-refractivity contribution >= 4 is 17.2 Å². The Labute approximate surface area is 192 Å². The highest BCUT2D eigenvalue weighted by Gasteiger charge is 2.17. The molecule has 0 radical (unpaired) electrons. The van der Waals surface area contributed by atoms with Crippen molar-refractivity contribution < 1.29 is 18.3 Å². The van der Waals surface area contributed by atoms with Crippen LogP contribution >= 0.6 is 11.3 Å². The number of carbonyl (C=O) groups is 1. The number of benzene rings is 2. The fourth-order valence-electron chi connectivity index (χ4n) is 3.06. The maximum atomic E-state index is 13.3. The highest BCUT2D eigenvalue weighted by molar-refractivity contribution is 7.16. The standard InChI is InChI=1S/C24H19F2N3O3S/c1-15-22(23(31)27-13-17-7-8-19(25)20(26)11-17)33-24(28-15)29-10-9-18(12-21(29)30)32-14-16-5-3-2-4-6-16/h2-12H,13-14H2,1H3,(H,27,31). The predicted octanol–water partition coefficient (Wildman–Crippen LogP) is 4.39. The third-order valence-electron chi connectivity index (χ3n) is 4.77. The molecule has 9 heteroatoms. The Hall–Kier alpha value is -3.85. The van der Waals surface area contributed by atoms with Crippen LogP contribution in [-0.4, -0.2) is 15.5 Å². The zero-order chi connectivity index (χ0) is 23.4. The van der Waals surface area contributed by atoms with E-state index in [2.05, 4.69) is 10.3 Å². The van der Waals surface area contributed by atoms with Crippen molar-refractivity contribution in [2.45, 2.75) is 20.1 Å². The van der Waals surface area contributed by atoms with Gasteiger partial charge >= 0.3 is 0 Å². The largest absolute Gasteiger partial charge is 0.489 e. The summed E-state index contributed by atoms with van der Waals surface area (Å²) in [6.45, 7) is 2.02. The number of aryl methyl sites for hydroxylation is 1. The van der Waals surface area contributed by atoms with E-state index in [-0.39, 0.29) is 12.1 Å². The minimum atomic E-state index is -0.978. The van der Waals surface area contributed by atoms with Crippen LogP contribution in [0, 0.1) is 18.6 Å². The molecule has 33 heavy (non-hydrogen) atoms. The molecular formula is C24H19F2N3O3S. The van der Waals surface area contributed by atoms with E-state index in [4.69, 9.17) is 4.74 Å². The molecule has 0 saturated heterocycles. The third kappa shape index (κ3) is 5.32. The van der Waals surface area contributed by atoms with E-state index in [1.807, 2.05) is 30.3 Å². The Morgan fingerprint density at radius 2 is 1.85 bits per heavy atom. The Bertz CT molecular complexity index is 1350. The van der Waals surface area contributed by atoms with Gasteiger partial charge in [0.05, 0.1) is 5.69 Å². The Balaban J connectivity index is 1.45. The summed E-state index contributed by atoms with van der Waals surface area (Å²) in [7, 11) is 0. The Kier molecular flexibility index (Phi) is 6.60. The number of ether oxygens (including phenoxy) is 1. The molecule has 1 N–H and O–H groups in total. The fourth-order valence-corrected chi connectivity index (χ4v) is 4.03. The quantitative estimate of drug-likeness (QED) is 0.438. The van der Waals surface area contributed by atoms with Crippen molar-refractivity contribution in [3.8, 4) is 10.9 Å². The van der Waals surface area contributed by atoms with Crippen molar-refractivity contribution in [2.24, 2.45) is 0 Å². The van der Waals surface area contributed by atoms with E-state index >= 15 is 0 Å². The van der Waals surface area contributed by atoms with Gasteiger partial charge in [-0.25, -0.2) is 13.8 Å². The number of amides is 1. The molecule has 0 aliphatic heterocycles. The predicted molar refractivity (Wildman–Crippen MR) is 121 cm³/mol. The van der Waals surface area contributed by atoms with Crippen LogP contribution in [0.25, 0.3) is 5.13 Å². The monoisotopic (exact) mass is 467 g/mol. The number of thiazole rings is 1. The van der Waals surface area contributed by atoms with Gasteiger partial charge in [0.25, 0.3) is 11.5 Å². The van der Waals surface area contributed by atoms with Gasteiger partial charge in [-0.15, -0.1) is 0 Å². The van der Waals surface area contributed by atoms with Gasteiger partial charge in [0.15, 0.2) is 16.8 Å². The summed E-state index contributed by atoms with van der Waals surface area (Å²) < 4.78 is 33.4. The second-order valence-corrected chi connectivity index (χ2v) is 8.16. The van der Waals surface area contributed by atoms with Gasteiger partial charge in [0, 0.05) is 18.8 Å². The summed E-state index contributed by atoms with van der Waals surface area (Å²) in [5, 5.41) is 3.00. The number of carbonyl (C=O) groups excluding carboxylic acids is 1. The van der Waals surface area contributed by atoms with E-state index in [9.17, 15) is 18.4 Å². The highest BCUT2D eigenvalue weighted by Crippen LogP contribution is 2.22. The van der Waals surface area contributed by atoms with Gasteiger partial charge in [-0.05, 0) is 36.2 Å². The average Bonchev–Trinajstić information content (AvgIpc) is 3.20. The Morgan fingerprint density at radius 1 is 1.06 bits per heavy atom. The molecule has 2 aromatic heterocycles. The van der Waals surface area contributed by atoms with Crippen LogP contribution in [0.1, 0.15) is 26.5 Å². The summed E-state index contributed by atoms with van der Waals surface area (Å²) in [6, 6.07) is 16.0.